The van der Waals surface area contributed by atoms with Crippen LogP contribution in [0, 0.1) is 13.8 Å². The normalized spacial score (nSPS) is 10.6. The van der Waals surface area contributed by atoms with Gasteiger partial charge in [0.2, 0.25) is 0 Å². The van der Waals surface area contributed by atoms with Crippen LogP contribution in [-0.4, -0.2) is 45.1 Å². The summed E-state index contributed by atoms with van der Waals surface area (Å²) in [4.78, 5) is 23.4. The Morgan fingerprint density at radius 3 is 2.73 bits per heavy atom. The van der Waals surface area contributed by atoms with Crippen LogP contribution >= 0.6 is 0 Å². The maximum absolute atomic E-state index is 12.8. The number of rotatable bonds is 5. The minimum atomic E-state index is -0.0612. The molecule has 3 aromatic rings. The lowest BCUT2D eigenvalue weighted by Gasteiger charge is -2.17. The summed E-state index contributed by atoms with van der Waals surface area (Å²) in [6.45, 7) is 4.36. The molecule has 7 heteroatoms. The van der Waals surface area contributed by atoms with Gasteiger partial charge in [-0.05, 0) is 26.0 Å². The van der Waals surface area contributed by atoms with Crippen molar-refractivity contribution in [3.8, 4) is 11.4 Å². The van der Waals surface area contributed by atoms with E-state index in [1.54, 1.807) is 24.2 Å². The van der Waals surface area contributed by atoms with Crippen LogP contribution in [0.3, 0.4) is 0 Å². The lowest BCUT2D eigenvalue weighted by atomic mass is 10.1. The summed E-state index contributed by atoms with van der Waals surface area (Å²) in [6.07, 6.45) is 1.75. The first-order valence-electron chi connectivity index (χ1n) is 8.36. The van der Waals surface area contributed by atoms with E-state index in [4.69, 9.17) is 0 Å². The van der Waals surface area contributed by atoms with Crippen LogP contribution in [0.2, 0.25) is 0 Å². The largest absolute Gasteiger partial charge is 0.373 e. The highest BCUT2D eigenvalue weighted by molar-refractivity contribution is 5.95. The number of nitrogens with one attached hydrogen (secondary N) is 2. The third kappa shape index (κ3) is 3.72. The quantitative estimate of drug-likeness (QED) is 0.739. The molecule has 134 valence electrons. The molecule has 1 amide bonds. The number of anilines is 1. The number of hydrogen-bond acceptors (Lipinski definition) is 5. The van der Waals surface area contributed by atoms with Crippen molar-refractivity contribution in [2.24, 2.45) is 0 Å². The van der Waals surface area contributed by atoms with Gasteiger partial charge >= 0.3 is 0 Å². The van der Waals surface area contributed by atoms with Crippen molar-refractivity contribution in [3.63, 3.8) is 0 Å². The molecule has 7 nitrogen and oxygen atoms in total. The molecule has 2 aromatic heterocycles. The summed E-state index contributed by atoms with van der Waals surface area (Å²) in [5.74, 6) is 1.28. The van der Waals surface area contributed by atoms with Crippen molar-refractivity contribution in [1.82, 2.24) is 25.1 Å². The topological polar surface area (TPSA) is 86.8 Å². The maximum Gasteiger partial charge on any atom is 0.253 e. The third-order valence-electron chi connectivity index (χ3n) is 4.17. The molecule has 0 aliphatic rings. The fourth-order valence-corrected chi connectivity index (χ4v) is 2.70. The van der Waals surface area contributed by atoms with E-state index in [0.717, 1.165) is 28.3 Å². The number of amides is 1. The third-order valence-corrected chi connectivity index (χ3v) is 4.17. The van der Waals surface area contributed by atoms with E-state index in [1.807, 2.05) is 45.2 Å². The molecular weight excluding hydrogens is 328 g/mol. The number of aromatic nitrogens is 4. The smallest absolute Gasteiger partial charge is 0.253 e. The first kappa shape index (κ1) is 17.6. The monoisotopic (exact) mass is 350 g/mol. The van der Waals surface area contributed by atoms with Gasteiger partial charge in [0.15, 0.2) is 5.82 Å². The predicted octanol–water partition coefficient (Wildman–Crippen LogP) is 2.80. The molecule has 0 bridgehead atoms. The van der Waals surface area contributed by atoms with Crippen molar-refractivity contribution >= 4 is 11.7 Å². The van der Waals surface area contributed by atoms with E-state index in [0.29, 0.717) is 17.9 Å². The van der Waals surface area contributed by atoms with Gasteiger partial charge in [0.25, 0.3) is 5.91 Å². The lowest BCUT2D eigenvalue weighted by molar-refractivity contribution is 0.0785. The molecule has 26 heavy (non-hydrogen) atoms. The van der Waals surface area contributed by atoms with E-state index in [-0.39, 0.29) is 5.91 Å². The zero-order valence-corrected chi connectivity index (χ0v) is 15.4. The summed E-state index contributed by atoms with van der Waals surface area (Å²) < 4.78 is 0. The Hall–Kier alpha value is -3.22. The van der Waals surface area contributed by atoms with Crippen molar-refractivity contribution in [2.75, 3.05) is 19.4 Å². The molecular formula is C19H22N6O. The van der Waals surface area contributed by atoms with Gasteiger partial charge in [0.1, 0.15) is 5.82 Å². The van der Waals surface area contributed by atoms with E-state index >= 15 is 0 Å². The van der Waals surface area contributed by atoms with Crippen LogP contribution in [0.1, 0.15) is 27.3 Å². The van der Waals surface area contributed by atoms with Gasteiger partial charge in [-0.2, -0.15) is 5.10 Å². The summed E-state index contributed by atoms with van der Waals surface area (Å²) in [5, 5.41) is 9.92. The number of H-pyrrole nitrogens is 1. The molecule has 0 aliphatic heterocycles. The second-order valence-corrected chi connectivity index (χ2v) is 6.23. The molecule has 2 heterocycles. The van der Waals surface area contributed by atoms with E-state index in [2.05, 4.69) is 25.5 Å². The summed E-state index contributed by atoms with van der Waals surface area (Å²) in [7, 11) is 3.60. The molecule has 0 spiro atoms. The highest BCUT2D eigenvalue weighted by atomic mass is 16.2. The van der Waals surface area contributed by atoms with Gasteiger partial charge in [-0.3, -0.25) is 9.89 Å². The molecule has 3 rings (SSSR count). The van der Waals surface area contributed by atoms with Crippen LogP contribution in [0.4, 0.5) is 5.82 Å². The number of aryl methyl sites for hydroxylation is 2. The molecule has 0 saturated carbocycles. The van der Waals surface area contributed by atoms with Gasteiger partial charge in [-0.15, -0.1) is 0 Å². The Kier molecular flexibility index (Phi) is 4.97. The number of nitrogens with zero attached hydrogens (tertiary/aromatic N) is 4. The minimum absolute atomic E-state index is 0.0612. The zero-order chi connectivity index (χ0) is 18.7. The number of carbonyl (C=O) groups is 1. The first-order valence-corrected chi connectivity index (χ1v) is 8.36. The van der Waals surface area contributed by atoms with E-state index in [9.17, 15) is 4.79 Å². The summed E-state index contributed by atoms with van der Waals surface area (Å²) >= 11 is 0. The van der Waals surface area contributed by atoms with Crippen molar-refractivity contribution < 1.29 is 4.79 Å². The Bertz CT molecular complexity index is 933. The minimum Gasteiger partial charge on any atom is -0.373 e. The average molecular weight is 350 g/mol. The van der Waals surface area contributed by atoms with Gasteiger partial charge in [0.05, 0.1) is 6.20 Å². The van der Waals surface area contributed by atoms with Crippen LogP contribution in [0.15, 0.2) is 36.5 Å². The number of aromatic amines is 1. The van der Waals surface area contributed by atoms with Gasteiger partial charge in [0, 0.05) is 54.8 Å². The Balaban J connectivity index is 1.86. The van der Waals surface area contributed by atoms with E-state index in [1.165, 1.54) is 0 Å². The van der Waals surface area contributed by atoms with Crippen LogP contribution in [0.25, 0.3) is 11.4 Å². The maximum atomic E-state index is 12.8. The standard InChI is InChI=1S/C19H22N6O/c1-12-8-17(20-3)23-18(22-12)14-6-5-7-15(9-14)19(26)25(4)11-16-10-21-24-13(16)2/h5-10H,11H2,1-4H3,(H,21,24)(H,20,22,23). The average Bonchev–Trinajstić information content (AvgIpc) is 3.05. The molecule has 0 aliphatic carbocycles. The van der Waals surface area contributed by atoms with E-state index < -0.39 is 0 Å². The van der Waals surface area contributed by atoms with Crippen molar-refractivity contribution in [2.45, 2.75) is 20.4 Å². The number of hydrogen-bond donors (Lipinski definition) is 2. The number of benzene rings is 1. The van der Waals surface area contributed by atoms with Gasteiger partial charge in [-0.25, -0.2) is 9.97 Å². The molecule has 2 N–H and O–H groups in total. The molecule has 0 fully saturated rings. The molecule has 0 atom stereocenters. The highest BCUT2D eigenvalue weighted by Gasteiger charge is 2.15. The molecule has 0 unspecified atom stereocenters. The Labute approximate surface area is 152 Å². The predicted molar refractivity (Wildman–Crippen MR) is 101 cm³/mol. The first-order chi connectivity index (χ1) is 12.5. The van der Waals surface area contributed by atoms with Crippen molar-refractivity contribution in [1.29, 1.82) is 0 Å². The zero-order valence-electron chi connectivity index (χ0n) is 15.4. The van der Waals surface area contributed by atoms with Gasteiger partial charge < -0.3 is 10.2 Å². The summed E-state index contributed by atoms with van der Waals surface area (Å²) in [5.41, 5.74) is 4.23. The fourth-order valence-electron chi connectivity index (χ4n) is 2.70. The molecule has 0 radical (unpaired) electrons. The number of carbonyl (C=O) groups excluding carboxylic acids is 1. The van der Waals surface area contributed by atoms with Crippen LogP contribution in [-0.2, 0) is 6.54 Å². The second kappa shape index (κ2) is 7.35. The SMILES string of the molecule is CNc1cc(C)nc(-c2cccc(C(=O)N(C)Cc3cn[nH]c3C)c2)n1. The lowest BCUT2D eigenvalue weighted by Crippen LogP contribution is -2.26. The summed E-state index contributed by atoms with van der Waals surface area (Å²) in [6, 6.07) is 9.27. The Morgan fingerprint density at radius 2 is 2.04 bits per heavy atom. The van der Waals surface area contributed by atoms with Crippen LogP contribution in [0.5, 0.6) is 0 Å². The molecule has 1 aromatic carbocycles. The van der Waals surface area contributed by atoms with Gasteiger partial charge in [-0.1, -0.05) is 12.1 Å². The Morgan fingerprint density at radius 1 is 1.23 bits per heavy atom. The molecule has 0 saturated heterocycles. The fraction of sp³-hybridized carbons (Fsp3) is 0.263. The van der Waals surface area contributed by atoms with Crippen molar-refractivity contribution in [3.05, 3.63) is 59.0 Å². The van der Waals surface area contributed by atoms with Crippen LogP contribution < -0.4 is 5.32 Å². The second-order valence-electron chi connectivity index (χ2n) is 6.23. The highest BCUT2D eigenvalue weighted by Crippen LogP contribution is 2.20.